The van der Waals surface area contributed by atoms with E-state index in [9.17, 15) is 9.18 Å². The number of fused-ring (bicyclic) bond motifs is 1. The van der Waals surface area contributed by atoms with E-state index < -0.39 is 0 Å². The molecule has 3 aromatic rings. The summed E-state index contributed by atoms with van der Waals surface area (Å²) < 4.78 is 15.9. The fourth-order valence-corrected chi connectivity index (χ4v) is 3.53. The summed E-state index contributed by atoms with van der Waals surface area (Å²) in [5.41, 5.74) is 3.55. The quantitative estimate of drug-likeness (QED) is 0.723. The number of nitrogens with one attached hydrogen (secondary N) is 1. The van der Waals surface area contributed by atoms with E-state index in [-0.39, 0.29) is 17.9 Å². The van der Waals surface area contributed by atoms with E-state index in [0.717, 1.165) is 29.1 Å². The Hall–Kier alpha value is -3.08. The highest BCUT2D eigenvalue weighted by atomic mass is 19.1. The second-order valence-corrected chi connectivity index (χ2v) is 6.52. The van der Waals surface area contributed by atoms with Crippen molar-refractivity contribution in [3.05, 3.63) is 89.5 Å². The molecule has 0 aliphatic carbocycles. The highest BCUT2D eigenvalue weighted by Crippen LogP contribution is 2.33. The first-order chi connectivity index (χ1) is 12.6. The molecular weight excluding hydrogens is 329 g/mol. The third-order valence-electron chi connectivity index (χ3n) is 4.85. The number of para-hydroxylation sites is 1. The van der Waals surface area contributed by atoms with E-state index in [2.05, 4.69) is 9.88 Å². The molecule has 0 unspecified atom stereocenters. The van der Waals surface area contributed by atoms with Crippen LogP contribution in [-0.2, 0) is 6.54 Å². The number of aromatic nitrogens is 1. The summed E-state index contributed by atoms with van der Waals surface area (Å²) in [6.07, 6.45) is 2.00. The monoisotopic (exact) mass is 349 g/mol. The third-order valence-corrected chi connectivity index (χ3v) is 4.85. The number of benzene rings is 2. The van der Waals surface area contributed by atoms with Crippen LogP contribution >= 0.6 is 0 Å². The number of rotatable bonds is 2. The number of anilines is 1. The van der Waals surface area contributed by atoms with Gasteiger partial charge in [-0.25, -0.2) is 9.18 Å². The molecule has 0 saturated heterocycles. The molecule has 1 atom stereocenters. The van der Waals surface area contributed by atoms with Crippen LogP contribution in [0.1, 0.15) is 22.9 Å². The van der Waals surface area contributed by atoms with Crippen molar-refractivity contribution in [1.82, 2.24) is 9.47 Å². The van der Waals surface area contributed by atoms with Crippen molar-refractivity contribution >= 4 is 11.7 Å². The standard InChI is InChI=1S/C21H20FN3O/c1-15-6-2-3-9-18(15)23-21(26)25-13-12-24-11-5-10-19(24)20(25)16-7-4-8-17(22)14-16/h2-11,14,20H,12-13H2,1H3,(H,23,26)/t20-/m0/s1. The van der Waals surface area contributed by atoms with Gasteiger partial charge in [0, 0.05) is 30.7 Å². The lowest BCUT2D eigenvalue weighted by atomic mass is 10.00. The van der Waals surface area contributed by atoms with Gasteiger partial charge in [-0.3, -0.25) is 0 Å². The molecule has 1 aliphatic rings. The SMILES string of the molecule is Cc1ccccc1NC(=O)N1CCn2cccc2[C@@H]1c1cccc(F)c1. The van der Waals surface area contributed by atoms with Crippen LogP contribution in [0.5, 0.6) is 0 Å². The molecule has 5 heteroatoms. The minimum absolute atomic E-state index is 0.180. The Bertz CT molecular complexity index is 950. The number of hydrogen-bond donors (Lipinski definition) is 1. The molecule has 0 bridgehead atoms. The van der Waals surface area contributed by atoms with Crippen LogP contribution in [0.2, 0.25) is 0 Å². The zero-order valence-corrected chi connectivity index (χ0v) is 14.5. The molecule has 1 aliphatic heterocycles. The van der Waals surface area contributed by atoms with Crippen LogP contribution in [0.4, 0.5) is 14.9 Å². The molecule has 2 aromatic carbocycles. The number of urea groups is 1. The van der Waals surface area contributed by atoms with Gasteiger partial charge in [0.1, 0.15) is 5.82 Å². The lowest BCUT2D eigenvalue weighted by molar-refractivity contribution is 0.181. The molecule has 2 heterocycles. The summed E-state index contributed by atoms with van der Waals surface area (Å²) in [6, 6.07) is 17.6. The molecule has 0 spiro atoms. The van der Waals surface area contributed by atoms with Crippen molar-refractivity contribution in [3.63, 3.8) is 0 Å². The number of amides is 2. The van der Waals surface area contributed by atoms with Gasteiger partial charge in [-0.2, -0.15) is 0 Å². The Morgan fingerprint density at radius 1 is 1.08 bits per heavy atom. The molecule has 132 valence electrons. The first-order valence-electron chi connectivity index (χ1n) is 8.67. The van der Waals surface area contributed by atoms with Gasteiger partial charge in [0.2, 0.25) is 0 Å². The van der Waals surface area contributed by atoms with Crippen molar-refractivity contribution < 1.29 is 9.18 Å². The maximum absolute atomic E-state index is 13.8. The predicted octanol–water partition coefficient (Wildman–Crippen LogP) is 4.57. The molecule has 0 radical (unpaired) electrons. The molecule has 4 rings (SSSR count). The summed E-state index contributed by atoms with van der Waals surface area (Å²) >= 11 is 0. The zero-order chi connectivity index (χ0) is 18.1. The Balaban J connectivity index is 1.70. The second kappa shape index (κ2) is 6.67. The highest BCUT2D eigenvalue weighted by Gasteiger charge is 2.32. The topological polar surface area (TPSA) is 37.3 Å². The molecule has 0 saturated carbocycles. The summed E-state index contributed by atoms with van der Waals surface area (Å²) in [6.45, 7) is 3.23. The highest BCUT2D eigenvalue weighted by molar-refractivity contribution is 5.90. The van der Waals surface area contributed by atoms with E-state index in [0.29, 0.717) is 6.54 Å². The van der Waals surface area contributed by atoms with Gasteiger partial charge in [-0.15, -0.1) is 0 Å². The third kappa shape index (κ3) is 2.96. The largest absolute Gasteiger partial charge is 0.348 e. The number of hydrogen-bond acceptors (Lipinski definition) is 1. The van der Waals surface area contributed by atoms with Crippen LogP contribution in [0, 0.1) is 12.7 Å². The number of aryl methyl sites for hydroxylation is 1. The first kappa shape index (κ1) is 16.4. The molecule has 2 amide bonds. The van der Waals surface area contributed by atoms with Gasteiger partial charge in [0.05, 0.1) is 6.04 Å². The summed E-state index contributed by atoms with van der Waals surface area (Å²) in [7, 11) is 0. The average Bonchev–Trinajstić information content (AvgIpc) is 3.11. The molecule has 26 heavy (non-hydrogen) atoms. The van der Waals surface area contributed by atoms with Gasteiger partial charge >= 0.3 is 6.03 Å². The van der Waals surface area contributed by atoms with Gasteiger partial charge in [-0.1, -0.05) is 30.3 Å². The van der Waals surface area contributed by atoms with E-state index in [4.69, 9.17) is 0 Å². The molecule has 1 N–H and O–H groups in total. The van der Waals surface area contributed by atoms with Crippen LogP contribution in [0.25, 0.3) is 0 Å². The molecular formula is C21H20FN3O. The lowest BCUT2D eigenvalue weighted by Gasteiger charge is -2.37. The zero-order valence-electron chi connectivity index (χ0n) is 14.5. The first-order valence-corrected chi connectivity index (χ1v) is 8.67. The number of halogens is 1. The van der Waals surface area contributed by atoms with E-state index >= 15 is 0 Å². The normalized spacial score (nSPS) is 16.2. The van der Waals surface area contributed by atoms with Crippen molar-refractivity contribution in [3.8, 4) is 0 Å². The second-order valence-electron chi connectivity index (χ2n) is 6.52. The minimum atomic E-state index is -0.321. The smallest absolute Gasteiger partial charge is 0.322 e. The molecule has 1 aromatic heterocycles. The van der Waals surface area contributed by atoms with Crippen molar-refractivity contribution in [2.24, 2.45) is 0 Å². The average molecular weight is 349 g/mol. The van der Waals surface area contributed by atoms with E-state index in [1.54, 1.807) is 11.0 Å². The predicted molar refractivity (Wildman–Crippen MR) is 99.6 cm³/mol. The van der Waals surface area contributed by atoms with Gasteiger partial charge in [0.25, 0.3) is 0 Å². The van der Waals surface area contributed by atoms with Gasteiger partial charge in [0.15, 0.2) is 0 Å². The van der Waals surface area contributed by atoms with E-state index in [1.807, 2.05) is 55.6 Å². The minimum Gasteiger partial charge on any atom is -0.348 e. The fourth-order valence-electron chi connectivity index (χ4n) is 3.53. The number of carbonyl (C=O) groups is 1. The van der Waals surface area contributed by atoms with Crippen LogP contribution in [0.15, 0.2) is 66.9 Å². The fraction of sp³-hybridized carbons (Fsp3) is 0.190. The van der Waals surface area contributed by atoms with E-state index in [1.165, 1.54) is 12.1 Å². The van der Waals surface area contributed by atoms with Crippen LogP contribution < -0.4 is 5.32 Å². The Morgan fingerprint density at radius 2 is 1.92 bits per heavy atom. The summed E-state index contributed by atoms with van der Waals surface area (Å²) in [4.78, 5) is 14.8. The Labute approximate surface area is 151 Å². The summed E-state index contributed by atoms with van der Waals surface area (Å²) in [5, 5.41) is 3.00. The lowest BCUT2D eigenvalue weighted by Crippen LogP contribution is -2.44. The van der Waals surface area contributed by atoms with Crippen molar-refractivity contribution in [2.45, 2.75) is 19.5 Å². The van der Waals surface area contributed by atoms with Crippen molar-refractivity contribution in [2.75, 3.05) is 11.9 Å². The van der Waals surface area contributed by atoms with Crippen LogP contribution in [-0.4, -0.2) is 22.0 Å². The van der Waals surface area contributed by atoms with Crippen LogP contribution in [0.3, 0.4) is 0 Å². The molecule has 4 nitrogen and oxygen atoms in total. The molecule has 0 fully saturated rings. The van der Waals surface area contributed by atoms with Gasteiger partial charge < -0.3 is 14.8 Å². The number of carbonyl (C=O) groups excluding carboxylic acids is 1. The van der Waals surface area contributed by atoms with Crippen molar-refractivity contribution in [1.29, 1.82) is 0 Å². The maximum atomic E-state index is 13.8. The number of nitrogens with zero attached hydrogens (tertiary/aromatic N) is 2. The Kier molecular flexibility index (Phi) is 4.21. The maximum Gasteiger partial charge on any atom is 0.322 e. The Morgan fingerprint density at radius 3 is 2.73 bits per heavy atom. The van der Waals surface area contributed by atoms with Gasteiger partial charge in [-0.05, 0) is 48.4 Å². The summed E-state index contributed by atoms with van der Waals surface area (Å²) in [5.74, 6) is -0.301.